The van der Waals surface area contributed by atoms with Gasteiger partial charge in [-0.25, -0.2) is 4.98 Å². The molecule has 18 heavy (non-hydrogen) atoms. The minimum atomic E-state index is -0.294. The van der Waals surface area contributed by atoms with Crippen molar-refractivity contribution in [3.8, 4) is 0 Å². The average Bonchev–Trinajstić information content (AvgIpc) is 2.35. The molecule has 0 fully saturated rings. The van der Waals surface area contributed by atoms with Gasteiger partial charge in [0.15, 0.2) is 0 Å². The number of carbonyl (C=O) groups excluding carboxylic acids is 1. The molecule has 0 amide bonds. The number of nitrogens with zero attached hydrogens (tertiary/aromatic N) is 2. The summed E-state index contributed by atoms with van der Waals surface area (Å²) in [6, 6.07) is 9.92. The number of rotatable bonds is 3. The van der Waals surface area contributed by atoms with Crippen LogP contribution in [-0.2, 0) is 16.1 Å². The minimum Gasteiger partial charge on any atom is -0.459 e. The van der Waals surface area contributed by atoms with Crippen LogP contribution in [0.3, 0.4) is 0 Å². The van der Waals surface area contributed by atoms with Crippen LogP contribution in [-0.4, -0.2) is 25.0 Å². The van der Waals surface area contributed by atoms with Crippen LogP contribution in [0.2, 0.25) is 0 Å². The first-order chi connectivity index (χ1) is 8.58. The van der Waals surface area contributed by atoms with Crippen molar-refractivity contribution in [3.05, 3.63) is 36.0 Å². The van der Waals surface area contributed by atoms with E-state index in [2.05, 4.69) is 4.98 Å². The zero-order valence-electron chi connectivity index (χ0n) is 10.8. The summed E-state index contributed by atoms with van der Waals surface area (Å²) in [4.78, 5) is 17.4. The molecule has 0 radical (unpaired) electrons. The molecular weight excluding hydrogens is 228 g/mol. The number of benzene rings is 1. The van der Waals surface area contributed by atoms with Crippen molar-refractivity contribution in [2.45, 2.75) is 13.5 Å². The number of ether oxygens (including phenoxy) is 1. The van der Waals surface area contributed by atoms with Gasteiger partial charge in [0.25, 0.3) is 0 Å². The molecule has 2 aromatic rings. The number of para-hydroxylation sites is 1. The molecule has 4 nitrogen and oxygen atoms in total. The highest BCUT2D eigenvalue weighted by Gasteiger charge is 2.06. The topological polar surface area (TPSA) is 42.4 Å². The van der Waals surface area contributed by atoms with Gasteiger partial charge in [-0.2, -0.15) is 0 Å². The number of hydrogen-bond acceptors (Lipinski definition) is 4. The molecule has 0 bridgehead atoms. The molecule has 0 aliphatic carbocycles. The highest BCUT2D eigenvalue weighted by Crippen LogP contribution is 2.23. The van der Waals surface area contributed by atoms with Crippen LogP contribution in [0.25, 0.3) is 10.9 Å². The van der Waals surface area contributed by atoms with Crippen LogP contribution in [0.15, 0.2) is 30.3 Å². The Morgan fingerprint density at radius 3 is 2.72 bits per heavy atom. The summed E-state index contributed by atoms with van der Waals surface area (Å²) in [7, 11) is 3.96. The van der Waals surface area contributed by atoms with Gasteiger partial charge in [0.2, 0.25) is 0 Å². The lowest BCUT2D eigenvalue weighted by Crippen LogP contribution is -2.10. The van der Waals surface area contributed by atoms with Gasteiger partial charge >= 0.3 is 5.97 Å². The van der Waals surface area contributed by atoms with Crippen molar-refractivity contribution in [3.63, 3.8) is 0 Å². The molecule has 0 saturated carbocycles. The van der Waals surface area contributed by atoms with Crippen molar-refractivity contribution >= 4 is 22.6 Å². The first-order valence-corrected chi connectivity index (χ1v) is 5.77. The molecule has 1 heterocycles. The molecule has 1 aromatic carbocycles. The molecule has 1 aromatic heterocycles. The largest absolute Gasteiger partial charge is 0.459 e. The third kappa shape index (κ3) is 2.59. The second-order valence-corrected chi connectivity index (χ2v) is 4.33. The normalized spacial score (nSPS) is 10.4. The van der Waals surface area contributed by atoms with Gasteiger partial charge in [0.05, 0.1) is 16.9 Å². The van der Waals surface area contributed by atoms with E-state index in [9.17, 15) is 4.79 Å². The fourth-order valence-corrected chi connectivity index (χ4v) is 1.79. The van der Waals surface area contributed by atoms with Crippen molar-refractivity contribution in [2.75, 3.05) is 19.0 Å². The van der Waals surface area contributed by atoms with E-state index in [1.54, 1.807) is 0 Å². The number of pyridine rings is 1. The summed E-state index contributed by atoms with van der Waals surface area (Å²) in [5.41, 5.74) is 2.73. The highest BCUT2D eigenvalue weighted by atomic mass is 16.5. The summed E-state index contributed by atoms with van der Waals surface area (Å²) in [5.74, 6) is -0.294. The Labute approximate surface area is 106 Å². The molecule has 0 saturated heterocycles. The molecule has 94 valence electrons. The maximum Gasteiger partial charge on any atom is 0.303 e. The second kappa shape index (κ2) is 5.04. The number of fused-ring (bicyclic) bond motifs is 1. The fraction of sp³-hybridized carbons (Fsp3) is 0.286. The molecular formula is C14H16N2O2. The molecule has 0 aliphatic rings. The van der Waals surface area contributed by atoms with E-state index in [0.717, 1.165) is 22.3 Å². The van der Waals surface area contributed by atoms with Gasteiger partial charge in [-0.1, -0.05) is 18.2 Å². The van der Waals surface area contributed by atoms with Gasteiger partial charge < -0.3 is 9.64 Å². The van der Waals surface area contributed by atoms with Gasteiger partial charge in [-0.3, -0.25) is 4.79 Å². The minimum absolute atomic E-state index is 0.215. The lowest BCUT2D eigenvalue weighted by Gasteiger charge is -2.15. The van der Waals surface area contributed by atoms with Crippen molar-refractivity contribution < 1.29 is 9.53 Å². The first kappa shape index (κ1) is 12.4. The number of esters is 1. The third-order valence-electron chi connectivity index (χ3n) is 2.66. The molecule has 4 heteroatoms. The van der Waals surface area contributed by atoms with Crippen LogP contribution < -0.4 is 4.90 Å². The summed E-state index contributed by atoms with van der Waals surface area (Å²) in [6.07, 6.45) is 0. The van der Waals surface area contributed by atoms with E-state index in [1.807, 2.05) is 49.3 Å². The van der Waals surface area contributed by atoms with E-state index in [1.165, 1.54) is 6.92 Å². The lowest BCUT2D eigenvalue weighted by atomic mass is 10.1. The predicted octanol–water partition coefficient (Wildman–Crippen LogP) is 2.36. The number of hydrogen-bond donors (Lipinski definition) is 0. The fourth-order valence-electron chi connectivity index (χ4n) is 1.79. The van der Waals surface area contributed by atoms with Crippen molar-refractivity contribution in [1.29, 1.82) is 0 Å². The highest BCUT2D eigenvalue weighted by molar-refractivity contribution is 5.90. The SMILES string of the molecule is CC(=O)OCc1ccc2cccc(N(C)C)c2n1. The van der Waals surface area contributed by atoms with Crippen LogP contribution >= 0.6 is 0 Å². The van der Waals surface area contributed by atoms with E-state index in [-0.39, 0.29) is 12.6 Å². The first-order valence-electron chi connectivity index (χ1n) is 5.77. The smallest absolute Gasteiger partial charge is 0.303 e. The van der Waals surface area contributed by atoms with Gasteiger partial charge in [-0.15, -0.1) is 0 Å². The quantitative estimate of drug-likeness (QED) is 0.777. The molecule has 0 unspecified atom stereocenters. The Kier molecular flexibility index (Phi) is 3.46. The maximum atomic E-state index is 10.8. The van der Waals surface area contributed by atoms with Gasteiger partial charge in [0, 0.05) is 26.4 Å². The third-order valence-corrected chi connectivity index (χ3v) is 2.66. The van der Waals surface area contributed by atoms with E-state index < -0.39 is 0 Å². The van der Waals surface area contributed by atoms with E-state index in [4.69, 9.17) is 4.74 Å². The number of anilines is 1. The predicted molar refractivity (Wildman–Crippen MR) is 71.5 cm³/mol. The summed E-state index contributed by atoms with van der Waals surface area (Å²) >= 11 is 0. The van der Waals surface area contributed by atoms with Gasteiger partial charge in [-0.05, 0) is 12.1 Å². The van der Waals surface area contributed by atoms with Gasteiger partial charge in [0.1, 0.15) is 6.61 Å². The van der Waals surface area contributed by atoms with Crippen LogP contribution in [0.1, 0.15) is 12.6 Å². The Hall–Kier alpha value is -2.10. The average molecular weight is 244 g/mol. The summed E-state index contributed by atoms with van der Waals surface area (Å²) in [5, 5.41) is 1.08. The molecule has 2 rings (SSSR count). The molecule has 0 N–H and O–H groups in total. The molecule has 0 atom stereocenters. The van der Waals surface area contributed by atoms with E-state index in [0.29, 0.717) is 0 Å². The monoisotopic (exact) mass is 244 g/mol. The summed E-state index contributed by atoms with van der Waals surface area (Å²) < 4.78 is 4.96. The lowest BCUT2D eigenvalue weighted by molar-refractivity contribution is -0.142. The van der Waals surface area contributed by atoms with Crippen molar-refractivity contribution in [1.82, 2.24) is 4.98 Å². The van der Waals surface area contributed by atoms with Crippen LogP contribution in [0.5, 0.6) is 0 Å². The zero-order chi connectivity index (χ0) is 13.1. The second-order valence-electron chi connectivity index (χ2n) is 4.33. The van der Waals surface area contributed by atoms with E-state index >= 15 is 0 Å². The summed E-state index contributed by atoms with van der Waals surface area (Å²) in [6.45, 7) is 1.61. The van der Waals surface area contributed by atoms with Crippen molar-refractivity contribution in [2.24, 2.45) is 0 Å². The zero-order valence-corrected chi connectivity index (χ0v) is 10.8. The molecule has 0 aliphatic heterocycles. The Morgan fingerprint density at radius 1 is 1.28 bits per heavy atom. The Bertz CT molecular complexity index is 579. The standard InChI is InChI=1S/C14H16N2O2/c1-10(17)18-9-12-8-7-11-5-4-6-13(16(2)3)14(11)15-12/h4-8H,9H2,1-3H3. The van der Waals surface area contributed by atoms with Crippen LogP contribution in [0, 0.1) is 0 Å². The number of carbonyl (C=O) groups is 1. The molecule has 0 spiro atoms. The number of aromatic nitrogens is 1. The Morgan fingerprint density at radius 2 is 2.06 bits per heavy atom. The Balaban J connectivity index is 2.42. The van der Waals surface area contributed by atoms with Crippen LogP contribution in [0.4, 0.5) is 5.69 Å². The maximum absolute atomic E-state index is 10.8.